The molecule has 21 heavy (non-hydrogen) atoms. The Labute approximate surface area is 137 Å². The van der Waals surface area contributed by atoms with Crippen molar-refractivity contribution in [3.63, 3.8) is 0 Å². The van der Waals surface area contributed by atoms with E-state index in [2.05, 4.69) is 43.7 Å². The molecule has 1 N–H and O–H groups in total. The highest BCUT2D eigenvalue weighted by Crippen LogP contribution is 2.36. The zero-order valence-electron chi connectivity index (χ0n) is 11.1. The molecule has 0 bridgehead atoms. The van der Waals surface area contributed by atoms with Crippen LogP contribution >= 0.6 is 38.6 Å². The van der Waals surface area contributed by atoms with Crippen LogP contribution in [0.1, 0.15) is 0 Å². The average molecular weight is 376 g/mol. The minimum atomic E-state index is 0.780. The van der Waals surface area contributed by atoms with E-state index in [1.54, 1.807) is 22.7 Å². The molecule has 0 spiro atoms. The summed E-state index contributed by atoms with van der Waals surface area (Å²) in [5, 5.41) is 6.31. The minimum absolute atomic E-state index is 0.780. The van der Waals surface area contributed by atoms with Crippen LogP contribution in [0.25, 0.3) is 31.0 Å². The number of aromatic nitrogens is 2. The number of fused-ring (bicyclic) bond motifs is 2. The van der Waals surface area contributed by atoms with E-state index < -0.39 is 0 Å². The lowest BCUT2D eigenvalue weighted by molar-refractivity contribution is 1.22. The second-order valence-electron chi connectivity index (χ2n) is 4.57. The summed E-state index contributed by atoms with van der Waals surface area (Å²) in [6, 6.07) is 10.4. The lowest BCUT2D eigenvalue weighted by Crippen LogP contribution is -1.98. The minimum Gasteiger partial charge on any atom is -0.373 e. The molecule has 0 fully saturated rings. The number of rotatable bonds is 2. The summed E-state index contributed by atoms with van der Waals surface area (Å²) in [7, 11) is 1.89. The molecule has 0 amide bonds. The van der Waals surface area contributed by atoms with Crippen LogP contribution in [-0.4, -0.2) is 17.0 Å². The van der Waals surface area contributed by atoms with Crippen molar-refractivity contribution >= 4 is 64.7 Å². The molecule has 3 nitrogen and oxygen atoms in total. The lowest BCUT2D eigenvalue weighted by atomic mass is 10.2. The number of halogens is 1. The zero-order valence-corrected chi connectivity index (χ0v) is 14.3. The highest BCUT2D eigenvalue weighted by atomic mass is 79.9. The first-order valence-electron chi connectivity index (χ1n) is 6.37. The van der Waals surface area contributed by atoms with Gasteiger partial charge in [0.05, 0.1) is 10.4 Å². The summed E-state index contributed by atoms with van der Waals surface area (Å²) in [4.78, 5) is 10.5. The van der Waals surface area contributed by atoms with Crippen molar-refractivity contribution in [3.8, 4) is 10.7 Å². The maximum atomic E-state index is 4.71. The van der Waals surface area contributed by atoms with Crippen LogP contribution in [0.4, 0.5) is 5.82 Å². The molecule has 6 heteroatoms. The predicted octanol–water partition coefficient (Wildman–Crippen LogP) is 5.38. The normalized spacial score (nSPS) is 11.3. The Morgan fingerprint density at radius 3 is 2.81 bits per heavy atom. The van der Waals surface area contributed by atoms with Crippen LogP contribution in [0.15, 0.2) is 40.2 Å². The molecule has 0 saturated carbocycles. The molecule has 0 saturated heterocycles. The van der Waals surface area contributed by atoms with Crippen LogP contribution in [-0.2, 0) is 0 Å². The maximum absolute atomic E-state index is 4.71. The standard InChI is InChI=1S/C15H10BrN3S2/c1-17-14-9-6-8(16)2-3-10(9)18-15(19-14)13-7-12-11(21-13)4-5-20-12/h2-7H,1H3,(H,17,18,19). The molecule has 4 rings (SSSR count). The highest BCUT2D eigenvalue weighted by molar-refractivity contribution is 9.10. The van der Waals surface area contributed by atoms with Gasteiger partial charge in [-0.15, -0.1) is 22.7 Å². The first-order valence-corrected chi connectivity index (χ1v) is 8.86. The van der Waals surface area contributed by atoms with Gasteiger partial charge in [-0.1, -0.05) is 15.9 Å². The van der Waals surface area contributed by atoms with Gasteiger partial charge in [0.15, 0.2) is 5.82 Å². The van der Waals surface area contributed by atoms with E-state index in [9.17, 15) is 0 Å². The monoisotopic (exact) mass is 375 g/mol. The highest BCUT2D eigenvalue weighted by Gasteiger charge is 2.12. The number of hydrogen-bond donors (Lipinski definition) is 1. The molecule has 0 unspecified atom stereocenters. The fourth-order valence-corrected chi connectivity index (χ4v) is 4.68. The fourth-order valence-electron chi connectivity index (χ4n) is 2.28. The van der Waals surface area contributed by atoms with Crippen molar-refractivity contribution in [3.05, 3.63) is 40.2 Å². The van der Waals surface area contributed by atoms with Crippen molar-refractivity contribution in [2.24, 2.45) is 0 Å². The molecular weight excluding hydrogens is 366 g/mol. The van der Waals surface area contributed by atoms with Crippen LogP contribution in [0.2, 0.25) is 0 Å². The molecule has 4 aromatic rings. The number of anilines is 1. The van der Waals surface area contributed by atoms with Gasteiger partial charge in [-0.3, -0.25) is 0 Å². The van der Waals surface area contributed by atoms with Gasteiger partial charge in [-0.05, 0) is 35.7 Å². The molecule has 0 atom stereocenters. The smallest absolute Gasteiger partial charge is 0.172 e. The van der Waals surface area contributed by atoms with Crippen LogP contribution in [0, 0.1) is 0 Å². The van der Waals surface area contributed by atoms with Gasteiger partial charge < -0.3 is 5.32 Å². The van der Waals surface area contributed by atoms with Gasteiger partial charge in [0, 0.05) is 26.3 Å². The van der Waals surface area contributed by atoms with Crippen molar-refractivity contribution in [2.45, 2.75) is 0 Å². The van der Waals surface area contributed by atoms with Crippen molar-refractivity contribution in [1.29, 1.82) is 0 Å². The Bertz CT molecular complexity index is 930. The third-order valence-corrected chi connectivity index (χ3v) is 5.84. The van der Waals surface area contributed by atoms with Crippen LogP contribution < -0.4 is 5.32 Å². The number of hydrogen-bond acceptors (Lipinski definition) is 5. The molecule has 104 valence electrons. The second-order valence-corrected chi connectivity index (χ2v) is 7.51. The maximum Gasteiger partial charge on any atom is 0.172 e. The Kier molecular flexibility index (Phi) is 3.17. The quantitative estimate of drug-likeness (QED) is 0.511. The van der Waals surface area contributed by atoms with E-state index in [0.717, 1.165) is 31.9 Å². The molecule has 0 aliphatic rings. The fraction of sp³-hybridized carbons (Fsp3) is 0.0667. The second kappa shape index (κ2) is 5.05. The SMILES string of the molecule is CNc1nc(-c2cc3sccc3s2)nc2ccc(Br)cc12. The van der Waals surface area contributed by atoms with Gasteiger partial charge >= 0.3 is 0 Å². The summed E-state index contributed by atoms with van der Waals surface area (Å²) >= 11 is 6.99. The van der Waals surface area contributed by atoms with Crippen LogP contribution in [0.5, 0.6) is 0 Å². The van der Waals surface area contributed by atoms with Crippen LogP contribution in [0.3, 0.4) is 0 Å². The van der Waals surface area contributed by atoms with Gasteiger partial charge in [-0.2, -0.15) is 0 Å². The topological polar surface area (TPSA) is 37.8 Å². The van der Waals surface area contributed by atoms with E-state index >= 15 is 0 Å². The number of nitrogens with zero attached hydrogens (tertiary/aromatic N) is 2. The van der Waals surface area contributed by atoms with Crippen molar-refractivity contribution in [2.75, 3.05) is 12.4 Å². The number of thiophene rings is 2. The van der Waals surface area contributed by atoms with E-state index in [1.807, 2.05) is 25.2 Å². The third kappa shape index (κ3) is 2.23. The van der Waals surface area contributed by atoms with Crippen molar-refractivity contribution < 1.29 is 0 Å². The molecular formula is C15H10BrN3S2. The Balaban J connectivity index is 1.96. The summed E-state index contributed by atoms with van der Waals surface area (Å²) in [5.41, 5.74) is 0.948. The molecule has 3 heterocycles. The van der Waals surface area contributed by atoms with Gasteiger partial charge in [0.1, 0.15) is 5.82 Å². The third-order valence-electron chi connectivity index (χ3n) is 3.25. The lowest BCUT2D eigenvalue weighted by Gasteiger charge is -2.07. The average Bonchev–Trinajstić information content (AvgIpc) is 3.07. The first-order chi connectivity index (χ1) is 10.2. The van der Waals surface area contributed by atoms with E-state index in [-0.39, 0.29) is 0 Å². The number of benzene rings is 1. The van der Waals surface area contributed by atoms with Crippen molar-refractivity contribution in [1.82, 2.24) is 9.97 Å². The summed E-state index contributed by atoms with van der Waals surface area (Å²) < 4.78 is 3.61. The Hall–Kier alpha value is -1.50. The zero-order chi connectivity index (χ0) is 14.4. The molecule has 0 aliphatic heterocycles. The van der Waals surface area contributed by atoms with Gasteiger partial charge in [0.2, 0.25) is 0 Å². The Morgan fingerprint density at radius 2 is 2.00 bits per heavy atom. The number of nitrogens with one attached hydrogen (secondary N) is 1. The summed E-state index contributed by atoms with van der Waals surface area (Å²) in [6.07, 6.45) is 0. The van der Waals surface area contributed by atoms with Gasteiger partial charge in [-0.25, -0.2) is 9.97 Å². The molecule has 0 radical (unpaired) electrons. The Morgan fingerprint density at radius 1 is 1.10 bits per heavy atom. The molecule has 3 aromatic heterocycles. The molecule has 1 aromatic carbocycles. The summed E-state index contributed by atoms with van der Waals surface area (Å²) in [6.45, 7) is 0. The predicted molar refractivity (Wildman–Crippen MR) is 95.5 cm³/mol. The van der Waals surface area contributed by atoms with E-state index in [0.29, 0.717) is 0 Å². The molecule has 0 aliphatic carbocycles. The first kappa shape index (κ1) is 13.2. The van der Waals surface area contributed by atoms with Gasteiger partial charge in [0.25, 0.3) is 0 Å². The summed E-state index contributed by atoms with van der Waals surface area (Å²) in [5.74, 6) is 1.63. The van der Waals surface area contributed by atoms with E-state index in [1.165, 1.54) is 9.40 Å². The van der Waals surface area contributed by atoms with E-state index in [4.69, 9.17) is 4.98 Å². The largest absolute Gasteiger partial charge is 0.373 e.